The molecule has 2 rings (SSSR count). The molecule has 2 aromatic carbocycles. The predicted molar refractivity (Wildman–Crippen MR) is 100 cm³/mol. The highest BCUT2D eigenvalue weighted by molar-refractivity contribution is 5.95. The Morgan fingerprint density at radius 2 is 1.60 bits per heavy atom. The summed E-state index contributed by atoms with van der Waals surface area (Å²) in [5, 5.41) is 3.03. The topological polar surface area (TPSA) is 47.6 Å². The zero-order valence-electron chi connectivity index (χ0n) is 15.6. The second-order valence-electron chi connectivity index (χ2n) is 6.60. The van der Waals surface area contributed by atoms with Crippen molar-refractivity contribution in [3.8, 4) is 11.5 Å². The number of benzene rings is 2. The minimum Gasteiger partial charge on any atom is -0.493 e. The smallest absolute Gasteiger partial charge is 0.251 e. The summed E-state index contributed by atoms with van der Waals surface area (Å²) in [6.07, 6.45) is 1.06. The van der Waals surface area contributed by atoms with Crippen molar-refractivity contribution in [2.45, 2.75) is 33.2 Å². The Hall–Kier alpha value is -2.49. The Morgan fingerprint density at radius 3 is 2.16 bits per heavy atom. The van der Waals surface area contributed by atoms with Crippen LogP contribution in [0.25, 0.3) is 0 Å². The van der Waals surface area contributed by atoms with E-state index in [4.69, 9.17) is 9.47 Å². The fourth-order valence-electron chi connectivity index (χ4n) is 2.75. The van der Waals surface area contributed by atoms with Crippen LogP contribution in [0.4, 0.5) is 0 Å². The van der Waals surface area contributed by atoms with Gasteiger partial charge in [0.05, 0.1) is 20.3 Å². The Kier molecular flexibility index (Phi) is 6.45. The highest BCUT2D eigenvalue weighted by Gasteiger charge is 2.14. The summed E-state index contributed by atoms with van der Waals surface area (Å²) < 4.78 is 10.5. The summed E-state index contributed by atoms with van der Waals surface area (Å²) in [6, 6.07) is 13.5. The molecule has 4 heteroatoms. The van der Waals surface area contributed by atoms with Crippen molar-refractivity contribution in [3.63, 3.8) is 0 Å². The van der Waals surface area contributed by atoms with Gasteiger partial charge in [-0.05, 0) is 48.6 Å². The second-order valence-corrected chi connectivity index (χ2v) is 6.60. The quantitative estimate of drug-likeness (QED) is 0.812. The molecule has 0 spiro atoms. The average Bonchev–Trinajstić information content (AvgIpc) is 2.61. The van der Waals surface area contributed by atoms with Crippen molar-refractivity contribution < 1.29 is 14.3 Å². The molecule has 0 radical (unpaired) electrons. The molecular weight excluding hydrogens is 314 g/mol. The number of hydrogen-bond donors (Lipinski definition) is 1. The van der Waals surface area contributed by atoms with E-state index in [1.807, 2.05) is 6.92 Å². The first-order chi connectivity index (χ1) is 11.9. The number of methoxy groups -OCH3 is 2. The number of carbonyl (C=O) groups is 1. The molecule has 4 nitrogen and oxygen atoms in total. The zero-order chi connectivity index (χ0) is 18.4. The molecule has 0 aliphatic heterocycles. The molecule has 134 valence electrons. The van der Waals surface area contributed by atoms with Crippen LogP contribution in [0.2, 0.25) is 0 Å². The van der Waals surface area contributed by atoms with Crippen molar-refractivity contribution in [3.05, 3.63) is 59.2 Å². The van der Waals surface area contributed by atoms with Gasteiger partial charge in [0.2, 0.25) is 0 Å². The van der Waals surface area contributed by atoms with E-state index in [0.29, 0.717) is 23.0 Å². The van der Waals surface area contributed by atoms with Crippen LogP contribution < -0.4 is 14.8 Å². The molecule has 0 bridgehead atoms. The van der Waals surface area contributed by atoms with Gasteiger partial charge in [-0.15, -0.1) is 0 Å². The minimum atomic E-state index is -0.139. The van der Waals surface area contributed by atoms with Gasteiger partial charge in [0, 0.05) is 5.56 Å². The molecule has 1 unspecified atom stereocenters. The van der Waals surface area contributed by atoms with E-state index in [0.717, 1.165) is 12.0 Å². The maximum Gasteiger partial charge on any atom is 0.251 e. The summed E-state index contributed by atoms with van der Waals surface area (Å²) in [7, 11) is 3.13. The molecule has 0 saturated heterocycles. The SMILES string of the molecule is COc1ccc(C(=O)NC(C)c2ccc(CC(C)C)cc2)cc1OC. The molecule has 0 heterocycles. The van der Waals surface area contributed by atoms with E-state index in [1.54, 1.807) is 32.4 Å². The van der Waals surface area contributed by atoms with Crippen LogP contribution in [0.1, 0.15) is 48.3 Å². The summed E-state index contributed by atoms with van der Waals surface area (Å²) in [5.74, 6) is 1.64. The van der Waals surface area contributed by atoms with Crippen molar-refractivity contribution in [1.29, 1.82) is 0 Å². The molecule has 0 aromatic heterocycles. The summed E-state index contributed by atoms with van der Waals surface area (Å²) in [5.41, 5.74) is 2.94. The van der Waals surface area contributed by atoms with Crippen LogP contribution in [-0.4, -0.2) is 20.1 Å². The van der Waals surface area contributed by atoms with Crippen molar-refractivity contribution in [2.75, 3.05) is 14.2 Å². The van der Waals surface area contributed by atoms with Crippen LogP contribution in [0.5, 0.6) is 11.5 Å². The third-order valence-electron chi connectivity index (χ3n) is 4.12. The minimum absolute atomic E-state index is 0.0753. The third-order valence-corrected chi connectivity index (χ3v) is 4.12. The molecule has 1 N–H and O–H groups in total. The fourth-order valence-corrected chi connectivity index (χ4v) is 2.75. The molecule has 1 amide bonds. The monoisotopic (exact) mass is 341 g/mol. The lowest BCUT2D eigenvalue weighted by Gasteiger charge is -2.16. The lowest BCUT2D eigenvalue weighted by molar-refractivity contribution is 0.0939. The number of hydrogen-bond acceptors (Lipinski definition) is 3. The first-order valence-electron chi connectivity index (χ1n) is 8.56. The second kappa shape index (κ2) is 8.56. The largest absolute Gasteiger partial charge is 0.493 e. The first kappa shape index (κ1) is 18.8. The summed E-state index contributed by atoms with van der Waals surface area (Å²) in [6.45, 7) is 6.40. The third kappa shape index (κ3) is 4.99. The van der Waals surface area contributed by atoms with Gasteiger partial charge in [0.15, 0.2) is 11.5 Å². The highest BCUT2D eigenvalue weighted by Crippen LogP contribution is 2.27. The van der Waals surface area contributed by atoms with E-state index >= 15 is 0 Å². The Labute approximate surface area is 150 Å². The average molecular weight is 341 g/mol. The van der Waals surface area contributed by atoms with Gasteiger partial charge in [0.1, 0.15) is 0 Å². The summed E-state index contributed by atoms with van der Waals surface area (Å²) in [4.78, 5) is 12.5. The lowest BCUT2D eigenvalue weighted by Crippen LogP contribution is -2.26. The lowest BCUT2D eigenvalue weighted by atomic mass is 10.00. The Morgan fingerprint density at radius 1 is 0.960 bits per heavy atom. The van der Waals surface area contributed by atoms with Crippen LogP contribution >= 0.6 is 0 Å². The van der Waals surface area contributed by atoms with Crippen molar-refractivity contribution in [2.24, 2.45) is 5.92 Å². The number of ether oxygens (including phenoxy) is 2. The van der Waals surface area contributed by atoms with Crippen LogP contribution in [0.3, 0.4) is 0 Å². The van der Waals surface area contributed by atoms with Gasteiger partial charge in [-0.1, -0.05) is 38.1 Å². The first-order valence-corrected chi connectivity index (χ1v) is 8.56. The maximum atomic E-state index is 12.5. The van der Waals surface area contributed by atoms with Crippen LogP contribution in [0.15, 0.2) is 42.5 Å². The number of carbonyl (C=O) groups excluding carboxylic acids is 1. The standard InChI is InChI=1S/C21H27NO3/c1-14(2)12-16-6-8-17(9-7-16)15(3)22-21(23)18-10-11-19(24-4)20(13-18)25-5/h6-11,13-15H,12H2,1-5H3,(H,22,23). The van der Waals surface area contributed by atoms with E-state index in [1.165, 1.54) is 5.56 Å². The molecule has 2 aromatic rings. The maximum absolute atomic E-state index is 12.5. The summed E-state index contributed by atoms with van der Waals surface area (Å²) >= 11 is 0. The number of nitrogens with one attached hydrogen (secondary N) is 1. The van der Waals surface area contributed by atoms with E-state index in [9.17, 15) is 4.79 Å². The molecule has 1 atom stereocenters. The highest BCUT2D eigenvalue weighted by atomic mass is 16.5. The van der Waals surface area contributed by atoms with E-state index < -0.39 is 0 Å². The van der Waals surface area contributed by atoms with Crippen LogP contribution in [-0.2, 0) is 6.42 Å². The van der Waals surface area contributed by atoms with Gasteiger partial charge >= 0.3 is 0 Å². The van der Waals surface area contributed by atoms with Crippen LogP contribution in [0, 0.1) is 5.92 Å². The van der Waals surface area contributed by atoms with Gasteiger partial charge in [-0.2, -0.15) is 0 Å². The number of amides is 1. The molecule has 25 heavy (non-hydrogen) atoms. The molecule has 0 aliphatic rings. The zero-order valence-corrected chi connectivity index (χ0v) is 15.6. The van der Waals surface area contributed by atoms with Gasteiger partial charge < -0.3 is 14.8 Å². The molecule has 0 aliphatic carbocycles. The fraction of sp³-hybridized carbons (Fsp3) is 0.381. The van der Waals surface area contributed by atoms with Gasteiger partial charge in [-0.25, -0.2) is 0 Å². The molecule has 0 saturated carbocycles. The molecular formula is C21H27NO3. The molecule has 0 fully saturated rings. The van der Waals surface area contributed by atoms with Gasteiger partial charge in [-0.3, -0.25) is 4.79 Å². The van der Waals surface area contributed by atoms with Crippen molar-refractivity contribution in [1.82, 2.24) is 5.32 Å². The number of rotatable bonds is 7. The Bertz CT molecular complexity index is 708. The van der Waals surface area contributed by atoms with Gasteiger partial charge in [0.25, 0.3) is 5.91 Å². The Balaban J connectivity index is 2.06. The van der Waals surface area contributed by atoms with Crippen molar-refractivity contribution >= 4 is 5.91 Å². The predicted octanol–water partition coefficient (Wildman–Crippen LogP) is 4.39. The van der Waals surface area contributed by atoms with E-state index in [2.05, 4.69) is 43.4 Å². The van der Waals surface area contributed by atoms with E-state index in [-0.39, 0.29) is 11.9 Å². The normalized spacial score (nSPS) is 11.9.